The third-order valence-electron chi connectivity index (χ3n) is 6.00. The smallest absolute Gasteiger partial charge is 0.323 e. The topological polar surface area (TPSA) is 93.2 Å². The van der Waals surface area contributed by atoms with Gasteiger partial charge in [0.2, 0.25) is 15.7 Å². The average molecular weight is 480 g/mol. The monoisotopic (exact) mass is 479 g/mol. The number of carboxylic acids is 1. The molecule has 2 aromatic carbocycles. The fourth-order valence-corrected chi connectivity index (χ4v) is 5.97. The number of aromatic nitrogens is 1. The number of aliphatic carboxylic acids is 1. The Morgan fingerprint density at radius 3 is 2.38 bits per heavy atom. The van der Waals surface area contributed by atoms with E-state index >= 15 is 0 Å². The van der Waals surface area contributed by atoms with Crippen molar-refractivity contribution in [3.8, 4) is 11.3 Å². The quantitative estimate of drug-likeness (QED) is 0.522. The second-order valence-electron chi connectivity index (χ2n) is 8.02. The molecule has 1 aliphatic heterocycles. The molecular formula is C25H25N3O5S. The Hall–Kier alpha value is -3.45. The molecule has 0 atom stereocenters. The molecule has 0 unspecified atom stereocenters. The molecule has 176 valence electrons. The lowest BCUT2D eigenvalue weighted by Crippen LogP contribution is -2.40. The fraction of sp³-hybridized carbons (Fsp3) is 0.280. The summed E-state index contributed by atoms with van der Waals surface area (Å²) in [5, 5.41) is 9.53. The van der Waals surface area contributed by atoms with Gasteiger partial charge in [-0.1, -0.05) is 48.5 Å². The highest BCUT2D eigenvalue weighted by Gasteiger charge is 2.30. The molecule has 0 amide bonds. The number of benzene rings is 2. The van der Waals surface area contributed by atoms with Crippen LogP contribution in [0.25, 0.3) is 16.1 Å². The zero-order valence-electron chi connectivity index (χ0n) is 18.8. The zero-order valence-corrected chi connectivity index (χ0v) is 19.6. The minimum Gasteiger partial charge on any atom is -0.480 e. The van der Waals surface area contributed by atoms with Crippen LogP contribution < -0.4 is 0 Å². The first-order chi connectivity index (χ1) is 16.3. The summed E-state index contributed by atoms with van der Waals surface area (Å²) < 4.78 is 35.2. The van der Waals surface area contributed by atoms with Gasteiger partial charge in [0, 0.05) is 18.8 Å². The van der Waals surface area contributed by atoms with E-state index in [0.29, 0.717) is 41.4 Å². The first-order valence-electron chi connectivity index (χ1n) is 10.9. The Kier molecular flexibility index (Phi) is 6.84. The van der Waals surface area contributed by atoms with E-state index in [1.54, 1.807) is 35.8 Å². The molecule has 3 aromatic rings. The number of hydrogen-bond donors (Lipinski definition) is 1. The molecule has 0 saturated carbocycles. The molecule has 1 aliphatic rings. The van der Waals surface area contributed by atoms with Gasteiger partial charge in [-0.2, -0.15) is 4.31 Å². The van der Waals surface area contributed by atoms with Crippen LogP contribution in [0, 0.1) is 13.5 Å². The molecule has 8 nitrogen and oxygen atoms in total. The predicted octanol–water partition coefficient (Wildman–Crippen LogP) is 3.71. The van der Waals surface area contributed by atoms with Crippen LogP contribution in [-0.4, -0.2) is 54.7 Å². The SMILES string of the molecule is [C-]#[N+]c1c(Cc2ccccc2S(=O)(=O)N2CCOCC2)c(C)n(CC(=O)O)c1-c1ccccc1. The van der Waals surface area contributed by atoms with E-state index in [1.165, 1.54) is 4.31 Å². The number of carboxylic acid groups (broad SMARTS) is 1. The first kappa shape index (κ1) is 23.7. The number of sulfonamides is 1. The van der Waals surface area contributed by atoms with Crippen LogP contribution in [0.4, 0.5) is 5.69 Å². The lowest BCUT2D eigenvalue weighted by Gasteiger charge is -2.27. The van der Waals surface area contributed by atoms with Gasteiger partial charge in [-0.15, -0.1) is 0 Å². The van der Waals surface area contributed by atoms with E-state index < -0.39 is 16.0 Å². The zero-order chi connectivity index (χ0) is 24.3. The van der Waals surface area contributed by atoms with Gasteiger partial charge in [0.1, 0.15) is 6.54 Å². The highest BCUT2D eigenvalue weighted by atomic mass is 32.2. The summed E-state index contributed by atoms with van der Waals surface area (Å²) in [6.07, 6.45) is 0.190. The summed E-state index contributed by atoms with van der Waals surface area (Å²) in [5.41, 5.74) is 3.42. The summed E-state index contributed by atoms with van der Waals surface area (Å²) in [4.78, 5) is 15.6. The molecule has 2 heterocycles. The largest absolute Gasteiger partial charge is 0.480 e. The van der Waals surface area contributed by atoms with Crippen molar-refractivity contribution in [3.05, 3.63) is 82.8 Å². The molecule has 0 aliphatic carbocycles. The van der Waals surface area contributed by atoms with Crippen molar-refractivity contribution in [1.29, 1.82) is 0 Å². The van der Waals surface area contributed by atoms with Gasteiger partial charge in [0.05, 0.1) is 30.4 Å². The highest BCUT2D eigenvalue weighted by Crippen LogP contribution is 2.40. The summed E-state index contributed by atoms with van der Waals surface area (Å²) in [7, 11) is -3.74. The number of morpholine rings is 1. The van der Waals surface area contributed by atoms with Gasteiger partial charge in [-0.3, -0.25) is 4.79 Å². The normalized spacial score (nSPS) is 14.6. The maximum atomic E-state index is 13.4. The maximum Gasteiger partial charge on any atom is 0.323 e. The maximum absolute atomic E-state index is 13.4. The van der Waals surface area contributed by atoms with Gasteiger partial charge in [0.25, 0.3) is 0 Å². The van der Waals surface area contributed by atoms with Crippen molar-refractivity contribution >= 4 is 21.7 Å². The van der Waals surface area contributed by atoms with Gasteiger partial charge in [0.15, 0.2) is 0 Å². The molecule has 0 bridgehead atoms. The average Bonchev–Trinajstić information content (AvgIpc) is 3.10. The number of ether oxygens (including phenoxy) is 1. The molecule has 0 radical (unpaired) electrons. The lowest BCUT2D eigenvalue weighted by atomic mass is 10.0. The Morgan fingerprint density at radius 1 is 1.09 bits per heavy atom. The van der Waals surface area contributed by atoms with Crippen molar-refractivity contribution < 1.29 is 23.1 Å². The minimum absolute atomic E-state index is 0.190. The van der Waals surface area contributed by atoms with Gasteiger partial charge >= 0.3 is 5.97 Å². The molecule has 1 N–H and O–H groups in total. The van der Waals surface area contributed by atoms with Gasteiger partial charge < -0.3 is 14.4 Å². The molecule has 4 rings (SSSR count). The summed E-state index contributed by atoms with van der Waals surface area (Å²) >= 11 is 0. The third-order valence-corrected chi connectivity index (χ3v) is 8.00. The van der Waals surface area contributed by atoms with Crippen LogP contribution in [0.5, 0.6) is 0 Å². The molecule has 1 aromatic heterocycles. The molecular weight excluding hydrogens is 454 g/mol. The number of rotatable bonds is 7. The Balaban J connectivity index is 1.84. The van der Waals surface area contributed by atoms with Crippen molar-refractivity contribution in [2.75, 3.05) is 26.3 Å². The summed E-state index contributed by atoms with van der Waals surface area (Å²) in [5.74, 6) is -1.02. The van der Waals surface area contributed by atoms with Crippen LogP contribution in [0.1, 0.15) is 16.8 Å². The van der Waals surface area contributed by atoms with Crippen LogP contribution in [0.3, 0.4) is 0 Å². The third kappa shape index (κ3) is 4.48. The Morgan fingerprint density at radius 2 is 1.74 bits per heavy atom. The number of nitrogens with zero attached hydrogens (tertiary/aromatic N) is 3. The van der Waals surface area contributed by atoms with E-state index in [9.17, 15) is 18.3 Å². The minimum atomic E-state index is -3.74. The Bertz CT molecular complexity index is 1350. The first-order valence-corrected chi connectivity index (χ1v) is 12.3. The highest BCUT2D eigenvalue weighted by molar-refractivity contribution is 7.89. The molecule has 1 saturated heterocycles. The van der Waals surface area contributed by atoms with E-state index in [-0.39, 0.29) is 31.0 Å². The van der Waals surface area contributed by atoms with Crippen molar-refractivity contribution in [2.24, 2.45) is 0 Å². The molecule has 34 heavy (non-hydrogen) atoms. The molecule has 0 spiro atoms. The fourth-order valence-electron chi connectivity index (χ4n) is 4.34. The Labute approximate surface area is 198 Å². The van der Waals surface area contributed by atoms with E-state index in [1.807, 2.05) is 30.3 Å². The van der Waals surface area contributed by atoms with E-state index in [2.05, 4.69) is 4.85 Å². The standard InChI is InChI=1S/C25H25N3O5S/c1-18-21(24(26-2)25(28(18)17-23(29)30)19-8-4-3-5-9-19)16-20-10-6-7-11-22(20)34(31,32)27-12-14-33-15-13-27/h3-11H,12-17H2,1H3,(H,29,30). The van der Waals surface area contributed by atoms with Crippen LogP contribution in [-0.2, 0) is 32.5 Å². The predicted molar refractivity (Wildman–Crippen MR) is 127 cm³/mol. The number of hydrogen-bond acceptors (Lipinski definition) is 4. The summed E-state index contributed by atoms with van der Waals surface area (Å²) in [6.45, 7) is 10.6. The van der Waals surface area contributed by atoms with Gasteiger partial charge in [-0.25, -0.2) is 13.3 Å². The molecule has 9 heteroatoms. The van der Waals surface area contributed by atoms with E-state index in [4.69, 9.17) is 11.3 Å². The van der Waals surface area contributed by atoms with E-state index in [0.717, 1.165) is 5.56 Å². The van der Waals surface area contributed by atoms with Crippen molar-refractivity contribution in [3.63, 3.8) is 0 Å². The van der Waals surface area contributed by atoms with Crippen LogP contribution >= 0.6 is 0 Å². The number of carbonyl (C=O) groups is 1. The second-order valence-corrected chi connectivity index (χ2v) is 9.93. The second kappa shape index (κ2) is 9.81. The van der Waals surface area contributed by atoms with Crippen LogP contribution in [0.15, 0.2) is 59.5 Å². The molecule has 1 fully saturated rings. The lowest BCUT2D eigenvalue weighted by molar-refractivity contribution is -0.137. The van der Waals surface area contributed by atoms with Crippen molar-refractivity contribution in [1.82, 2.24) is 8.87 Å². The summed E-state index contributed by atoms with van der Waals surface area (Å²) in [6, 6.07) is 16.0. The van der Waals surface area contributed by atoms with Crippen LogP contribution in [0.2, 0.25) is 0 Å². The van der Waals surface area contributed by atoms with Gasteiger partial charge in [-0.05, 0) is 36.1 Å². The van der Waals surface area contributed by atoms with Crippen molar-refractivity contribution in [2.45, 2.75) is 24.8 Å².